The highest BCUT2D eigenvalue weighted by atomic mass is 19.4. The quantitative estimate of drug-likeness (QED) is 0.430. The minimum absolute atomic E-state index is 0.0563. The van der Waals surface area contributed by atoms with E-state index in [1.165, 1.54) is 16.7 Å². The normalized spacial score (nSPS) is 15.5. The summed E-state index contributed by atoms with van der Waals surface area (Å²) in [6.45, 7) is 3.25. The Morgan fingerprint density at radius 3 is 2.60 bits per heavy atom. The lowest BCUT2D eigenvalue weighted by Crippen LogP contribution is -2.33. The fraction of sp³-hybridized carbons (Fsp3) is 0.348. The molecule has 4 rings (SSSR count). The van der Waals surface area contributed by atoms with Gasteiger partial charge < -0.3 is 9.30 Å². The molecule has 0 amide bonds. The van der Waals surface area contributed by atoms with E-state index in [-0.39, 0.29) is 17.4 Å². The number of imidazole rings is 1. The summed E-state index contributed by atoms with van der Waals surface area (Å²) in [4.78, 5) is 6.30. The van der Waals surface area contributed by atoms with Crippen LogP contribution in [-0.4, -0.2) is 28.7 Å². The van der Waals surface area contributed by atoms with Crippen LogP contribution >= 0.6 is 0 Å². The number of rotatable bonds is 3. The van der Waals surface area contributed by atoms with Crippen molar-refractivity contribution < 1.29 is 17.6 Å². The second-order valence-electron chi connectivity index (χ2n) is 7.67. The molecule has 2 aromatic heterocycles. The Morgan fingerprint density at radius 1 is 1.20 bits per heavy atom. The third-order valence-corrected chi connectivity index (χ3v) is 5.85. The van der Waals surface area contributed by atoms with Crippen LogP contribution in [-0.2, 0) is 6.42 Å². The number of pyridine rings is 1. The van der Waals surface area contributed by atoms with Gasteiger partial charge in [0.15, 0.2) is 5.65 Å². The zero-order chi connectivity index (χ0) is 21.5. The largest absolute Gasteiger partial charge is 0.394 e. The van der Waals surface area contributed by atoms with E-state index in [0.29, 0.717) is 16.8 Å². The van der Waals surface area contributed by atoms with Crippen LogP contribution in [0, 0.1) is 25.1 Å². The fourth-order valence-electron chi connectivity index (χ4n) is 4.33. The molecule has 1 aliphatic rings. The van der Waals surface area contributed by atoms with E-state index in [1.807, 2.05) is 6.07 Å². The number of piperidine rings is 1. The van der Waals surface area contributed by atoms with Gasteiger partial charge in [-0.25, -0.2) is 9.37 Å². The molecule has 0 radical (unpaired) electrons. The molecule has 1 saturated heterocycles. The van der Waals surface area contributed by atoms with E-state index >= 15 is 0 Å². The van der Waals surface area contributed by atoms with E-state index in [4.69, 9.17) is 6.42 Å². The van der Waals surface area contributed by atoms with Gasteiger partial charge in [0.1, 0.15) is 5.82 Å². The first-order valence-electron chi connectivity index (χ1n) is 9.80. The predicted molar refractivity (Wildman–Crippen MR) is 108 cm³/mol. The number of halogens is 4. The van der Waals surface area contributed by atoms with Gasteiger partial charge in [0.05, 0.1) is 23.4 Å². The van der Waals surface area contributed by atoms with Gasteiger partial charge in [0, 0.05) is 25.5 Å². The Balaban J connectivity index is 1.59. The molecular weight excluding hydrogens is 394 g/mol. The summed E-state index contributed by atoms with van der Waals surface area (Å²) in [5.41, 5.74) is 3.43. The molecule has 0 aliphatic carbocycles. The molecule has 3 nitrogen and oxygen atoms in total. The lowest BCUT2D eigenvalue weighted by molar-refractivity contribution is -0.127. The summed E-state index contributed by atoms with van der Waals surface area (Å²) in [5.74, 6) is 2.69. The first kappa shape index (κ1) is 20.3. The van der Waals surface area contributed by atoms with Gasteiger partial charge in [-0.15, -0.1) is 6.42 Å². The van der Waals surface area contributed by atoms with Crippen molar-refractivity contribution >= 4 is 11.3 Å². The van der Waals surface area contributed by atoms with Gasteiger partial charge in [0.25, 0.3) is 0 Å². The molecular formula is C23H21F4N3. The van der Waals surface area contributed by atoms with Crippen molar-refractivity contribution in [3.05, 3.63) is 64.9 Å². The third kappa shape index (κ3) is 3.74. The molecule has 0 bridgehead atoms. The maximum absolute atomic E-state index is 13.9. The van der Waals surface area contributed by atoms with Gasteiger partial charge in [-0.2, -0.15) is 13.2 Å². The molecule has 0 spiro atoms. The van der Waals surface area contributed by atoms with Crippen LogP contribution < -0.4 is 4.90 Å². The third-order valence-electron chi connectivity index (χ3n) is 5.85. The van der Waals surface area contributed by atoms with Gasteiger partial charge in [0.2, 0.25) is 0 Å². The van der Waals surface area contributed by atoms with Crippen LogP contribution in [0.4, 0.5) is 23.2 Å². The molecule has 30 heavy (non-hydrogen) atoms. The van der Waals surface area contributed by atoms with Crippen molar-refractivity contribution in [1.29, 1.82) is 0 Å². The van der Waals surface area contributed by atoms with Crippen molar-refractivity contribution in [2.45, 2.75) is 38.3 Å². The first-order valence-corrected chi connectivity index (χ1v) is 9.80. The van der Waals surface area contributed by atoms with E-state index in [1.54, 1.807) is 25.3 Å². The zero-order valence-corrected chi connectivity index (χ0v) is 16.5. The fourth-order valence-corrected chi connectivity index (χ4v) is 4.33. The van der Waals surface area contributed by atoms with Gasteiger partial charge in [-0.3, -0.25) is 0 Å². The summed E-state index contributed by atoms with van der Waals surface area (Å²) in [6.07, 6.45) is 4.85. The number of alkyl halides is 3. The van der Waals surface area contributed by atoms with Crippen LogP contribution in [0.3, 0.4) is 0 Å². The zero-order valence-electron chi connectivity index (χ0n) is 16.5. The molecule has 0 N–H and O–H groups in total. The summed E-state index contributed by atoms with van der Waals surface area (Å²) in [7, 11) is 0. The second-order valence-corrected chi connectivity index (χ2v) is 7.67. The first-order chi connectivity index (χ1) is 14.3. The van der Waals surface area contributed by atoms with Gasteiger partial charge >= 0.3 is 6.18 Å². The lowest BCUT2D eigenvalue weighted by atomic mass is 9.86. The summed E-state index contributed by atoms with van der Waals surface area (Å²) < 4.78 is 53.8. The van der Waals surface area contributed by atoms with Crippen molar-refractivity contribution in [2.75, 3.05) is 18.0 Å². The van der Waals surface area contributed by atoms with Crippen molar-refractivity contribution in [3.63, 3.8) is 0 Å². The SMILES string of the molecule is C#Cc1c(N2CCC(c3cccc(F)c3C)CC2)ccn2c(CC(F)(F)F)cnc12. The predicted octanol–water partition coefficient (Wildman–Crippen LogP) is 5.25. The molecule has 0 unspecified atom stereocenters. The van der Waals surface area contributed by atoms with Crippen LogP contribution in [0.1, 0.15) is 41.1 Å². The minimum Gasteiger partial charge on any atom is -0.370 e. The number of benzene rings is 1. The highest BCUT2D eigenvalue weighted by molar-refractivity contribution is 5.72. The number of hydrogen-bond donors (Lipinski definition) is 0. The van der Waals surface area contributed by atoms with Crippen LogP contribution in [0.15, 0.2) is 36.7 Å². The molecule has 1 aliphatic heterocycles. The summed E-state index contributed by atoms with van der Waals surface area (Å²) in [5, 5.41) is 0. The number of hydrogen-bond acceptors (Lipinski definition) is 2. The maximum atomic E-state index is 13.9. The highest BCUT2D eigenvalue weighted by Gasteiger charge is 2.30. The van der Waals surface area contributed by atoms with Gasteiger partial charge in [-0.1, -0.05) is 18.1 Å². The van der Waals surface area contributed by atoms with Crippen LogP contribution in [0.25, 0.3) is 5.65 Å². The van der Waals surface area contributed by atoms with E-state index in [2.05, 4.69) is 15.8 Å². The average Bonchev–Trinajstić information content (AvgIpc) is 3.11. The van der Waals surface area contributed by atoms with Gasteiger partial charge in [-0.05, 0) is 48.9 Å². The molecule has 7 heteroatoms. The average molecular weight is 415 g/mol. The van der Waals surface area contributed by atoms with E-state index in [9.17, 15) is 17.6 Å². The number of fused-ring (bicyclic) bond motifs is 1. The standard InChI is InChI=1S/C23H21F4N3/c1-3-18-21(9-12-30-17(13-23(25,26)27)14-28-22(18)30)29-10-7-16(8-11-29)19-5-4-6-20(24)15(19)2/h1,4-6,9,12,14,16H,7-8,10-11,13H2,2H3. The Morgan fingerprint density at radius 2 is 1.93 bits per heavy atom. The number of anilines is 1. The van der Waals surface area contributed by atoms with E-state index < -0.39 is 12.6 Å². The number of terminal acetylenes is 1. The number of nitrogens with zero attached hydrogens (tertiary/aromatic N) is 3. The van der Waals surface area contributed by atoms with Crippen molar-refractivity contribution in [1.82, 2.24) is 9.38 Å². The summed E-state index contributed by atoms with van der Waals surface area (Å²) in [6, 6.07) is 6.95. The van der Waals surface area contributed by atoms with Crippen molar-refractivity contribution in [2.24, 2.45) is 0 Å². The van der Waals surface area contributed by atoms with E-state index in [0.717, 1.165) is 37.2 Å². The molecule has 0 atom stereocenters. The molecule has 0 saturated carbocycles. The van der Waals surface area contributed by atoms with Crippen LogP contribution in [0.2, 0.25) is 0 Å². The number of aromatic nitrogens is 2. The topological polar surface area (TPSA) is 20.5 Å². The Labute approximate surface area is 172 Å². The Kier molecular flexibility index (Phi) is 5.19. The second kappa shape index (κ2) is 7.67. The Bertz CT molecular complexity index is 1120. The molecule has 1 fully saturated rings. The smallest absolute Gasteiger partial charge is 0.370 e. The lowest BCUT2D eigenvalue weighted by Gasteiger charge is -2.35. The molecule has 1 aromatic carbocycles. The minimum atomic E-state index is -4.32. The summed E-state index contributed by atoms with van der Waals surface area (Å²) >= 11 is 0. The monoisotopic (exact) mass is 415 g/mol. The molecule has 3 heterocycles. The Hall–Kier alpha value is -3.01. The molecule has 156 valence electrons. The maximum Gasteiger partial charge on any atom is 0.394 e. The highest BCUT2D eigenvalue weighted by Crippen LogP contribution is 2.35. The van der Waals surface area contributed by atoms with Crippen molar-refractivity contribution in [3.8, 4) is 12.3 Å². The molecule has 3 aromatic rings. The van der Waals surface area contributed by atoms with Crippen LogP contribution in [0.5, 0.6) is 0 Å².